The van der Waals surface area contributed by atoms with Crippen molar-refractivity contribution in [2.45, 2.75) is 13.1 Å². The van der Waals surface area contributed by atoms with Crippen LogP contribution in [0.2, 0.25) is 0 Å². The van der Waals surface area contributed by atoms with Gasteiger partial charge in [0, 0.05) is 19.0 Å². The summed E-state index contributed by atoms with van der Waals surface area (Å²) in [6, 6.07) is 10.1. The molecule has 8 heteroatoms. The van der Waals surface area contributed by atoms with Crippen LogP contribution in [0.5, 0.6) is 0 Å². The lowest BCUT2D eigenvalue weighted by Gasteiger charge is -2.17. The summed E-state index contributed by atoms with van der Waals surface area (Å²) >= 11 is 5.67. The van der Waals surface area contributed by atoms with Gasteiger partial charge in [-0.05, 0) is 17.3 Å². The minimum atomic E-state index is -0.177. The van der Waals surface area contributed by atoms with Crippen molar-refractivity contribution in [2.75, 3.05) is 12.8 Å². The van der Waals surface area contributed by atoms with Gasteiger partial charge in [-0.15, -0.1) is 0 Å². The number of nitrogens with two attached hydrogens (primary N) is 2. The van der Waals surface area contributed by atoms with Crippen LogP contribution in [-0.2, 0) is 13.1 Å². The molecule has 0 spiro atoms. The highest BCUT2D eigenvalue weighted by Gasteiger charge is 2.03. The lowest BCUT2D eigenvalue weighted by atomic mass is 10.2. The molecule has 1 aromatic heterocycles. The summed E-state index contributed by atoms with van der Waals surface area (Å²) in [5.74, 6) is 0.531. The SMILES string of the molecule is C[NH2+]/C=C(/[N-]c1ncc(CNCc2ccccc2)c(N)n1)C(=N)Cl. The second kappa shape index (κ2) is 8.97. The van der Waals surface area contributed by atoms with Crippen molar-refractivity contribution in [3.63, 3.8) is 0 Å². The van der Waals surface area contributed by atoms with E-state index in [0.29, 0.717) is 12.4 Å². The van der Waals surface area contributed by atoms with E-state index in [-0.39, 0.29) is 16.8 Å². The van der Waals surface area contributed by atoms with Gasteiger partial charge in [0.15, 0.2) is 0 Å². The number of nitrogens with zero attached hydrogens (tertiary/aromatic N) is 3. The number of nitrogen functional groups attached to an aromatic ring is 1. The molecule has 2 aromatic rings. The lowest BCUT2D eigenvalue weighted by molar-refractivity contribution is -0.556. The molecule has 0 aliphatic rings. The summed E-state index contributed by atoms with van der Waals surface area (Å²) in [4.78, 5) is 8.32. The summed E-state index contributed by atoms with van der Waals surface area (Å²) in [6.45, 7) is 1.28. The van der Waals surface area contributed by atoms with E-state index in [1.54, 1.807) is 17.7 Å². The normalized spacial score (nSPS) is 11.3. The second-order valence-electron chi connectivity index (χ2n) is 4.98. The quantitative estimate of drug-likeness (QED) is 0.543. The summed E-state index contributed by atoms with van der Waals surface area (Å²) in [5, 5.41) is 16.4. The van der Waals surface area contributed by atoms with E-state index in [1.165, 1.54) is 5.56 Å². The van der Waals surface area contributed by atoms with Crippen LogP contribution in [0.15, 0.2) is 48.4 Å². The number of hydrogen-bond acceptors (Lipinski definition) is 5. The minimum Gasteiger partial charge on any atom is -0.396 e. The van der Waals surface area contributed by atoms with Crippen LogP contribution < -0.4 is 16.4 Å². The molecule has 0 fully saturated rings. The molecule has 7 nitrogen and oxygen atoms in total. The van der Waals surface area contributed by atoms with Gasteiger partial charge < -0.3 is 31.7 Å². The Morgan fingerprint density at radius 2 is 2.12 bits per heavy atom. The number of benzene rings is 1. The third-order valence-corrected chi connectivity index (χ3v) is 3.34. The van der Waals surface area contributed by atoms with E-state index in [4.69, 9.17) is 22.7 Å². The van der Waals surface area contributed by atoms with Crippen LogP contribution in [0, 0.1) is 5.41 Å². The number of allylic oxidation sites excluding steroid dienone is 1. The van der Waals surface area contributed by atoms with Gasteiger partial charge in [0.2, 0.25) is 0 Å². The lowest BCUT2D eigenvalue weighted by Crippen LogP contribution is -2.73. The van der Waals surface area contributed by atoms with Gasteiger partial charge in [0.1, 0.15) is 11.4 Å². The van der Waals surface area contributed by atoms with Gasteiger partial charge >= 0.3 is 0 Å². The number of rotatable bonds is 8. The number of nitrogens with one attached hydrogen (secondary N) is 2. The Hall–Kier alpha value is -2.48. The van der Waals surface area contributed by atoms with Crippen LogP contribution >= 0.6 is 11.6 Å². The molecule has 0 bridgehead atoms. The van der Waals surface area contributed by atoms with Gasteiger partial charge in [-0.1, -0.05) is 41.9 Å². The highest BCUT2D eigenvalue weighted by molar-refractivity contribution is 6.69. The maximum absolute atomic E-state index is 7.46. The Balaban J connectivity index is 1.96. The monoisotopic (exact) mass is 345 g/mol. The molecule has 1 aromatic carbocycles. The molecule has 0 aliphatic carbocycles. The van der Waals surface area contributed by atoms with Crippen LogP contribution in [0.25, 0.3) is 5.32 Å². The fraction of sp³-hybridized carbons (Fsp3) is 0.188. The van der Waals surface area contributed by atoms with Crippen molar-refractivity contribution < 1.29 is 5.32 Å². The van der Waals surface area contributed by atoms with E-state index in [0.717, 1.165) is 12.1 Å². The highest BCUT2D eigenvalue weighted by Crippen LogP contribution is 2.22. The van der Waals surface area contributed by atoms with Crippen LogP contribution in [0.1, 0.15) is 11.1 Å². The average Bonchev–Trinajstić information content (AvgIpc) is 2.57. The Bertz CT molecular complexity index is 716. The maximum atomic E-state index is 7.46. The van der Waals surface area contributed by atoms with E-state index in [2.05, 4.69) is 32.7 Å². The summed E-state index contributed by atoms with van der Waals surface area (Å²) in [6.07, 6.45) is 3.24. The van der Waals surface area contributed by atoms with Crippen molar-refractivity contribution in [3.05, 3.63) is 64.9 Å². The first-order valence-corrected chi connectivity index (χ1v) is 7.79. The third-order valence-electron chi connectivity index (χ3n) is 3.14. The molecule has 0 unspecified atom stereocenters. The molecule has 1 heterocycles. The molecule has 126 valence electrons. The summed E-state index contributed by atoms with van der Waals surface area (Å²) < 4.78 is 0. The first-order valence-electron chi connectivity index (χ1n) is 7.42. The van der Waals surface area contributed by atoms with Gasteiger partial charge in [0.25, 0.3) is 0 Å². The Kier molecular flexibility index (Phi) is 6.68. The van der Waals surface area contributed by atoms with Crippen molar-refractivity contribution in [1.29, 1.82) is 5.41 Å². The fourth-order valence-corrected chi connectivity index (χ4v) is 2.07. The zero-order chi connectivity index (χ0) is 17.4. The van der Waals surface area contributed by atoms with Gasteiger partial charge in [-0.3, -0.25) is 5.41 Å². The second-order valence-corrected chi connectivity index (χ2v) is 5.36. The number of halogens is 1. The van der Waals surface area contributed by atoms with Crippen molar-refractivity contribution >= 4 is 28.5 Å². The molecule has 0 saturated heterocycles. The molecular weight excluding hydrogens is 326 g/mol. The Labute approximate surface area is 145 Å². The standard InChI is InChI=1S/C16H19ClN7/c1-20-10-13(14(17)18)23-16-22-9-12(15(19)24-16)8-21-7-11-5-3-2-4-6-11/h2-6,9-10,18,20-21H,7-8H2,1H3,(H2-,19,22,23,24)/q-1/p+1/b13-10+,18-14?. The molecule has 0 saturated carbocycles. The number of quaternary nitrogens is 1. The molecular formula is C16H20ClN7. The first-order chi connectivity index (χ1) is 11.6. The van der Waals surface area contributed by atoms with Crippen molar-refractivity contribution in [2.24, 2.45) is 0 Å². The van der Waals surface area contributed by atoms with E-state index >= 15 is 0 Å². The molecule has 0 amide bonds. The van der Waals surface area contributed by atoms with Crippen LogP contribution in [-0.4, -0.2) is 22.2 Å². The summed E-state index contributed by atoms with van der Waals surface area (Å²) in [5.41, 5.74) is 8.23. The molecule has 0 aliphatic heterocycles. The first kappa shape index (κ1) is 17.9. The van der Waals surface area contributed by atoms with Gasteiger partial charge in [-0.2, -0.15) is 0 Å². The molecule has 6 N–H and O–H groups in total. The van der Waals surface area contributed by atoms with E-state index in [1.807, 2.05) is 25.2 Å². The predicted molar refractivity (Wildman–Crippen MR) is 96.0 cm³/mol. The number of aromatic nitrogens is 2. The highest BCUT2D eigenvalue weighted by atomic mass is 35.5. The van der Waals surface area contributed by atoms with E-state index in [9.17, 15) is 0 Å². The maximum Gasteiger partial charge on any atom is 0.136 e. The Morgan fingerprint density at radius 1 is 1.38 bits per heavy atom. The van der Waals surface area contributed by atoms with Crippen LogP contribution in [0.4, 0.5) is 11.8 Å². The van der Waals surface area contributed by atoms with E-state index < -0.39 is 0 Å². The number of hydrogen-bond donors (Lipinski definition) is 4. The molecule has 2 rings (SSSR count). The Morgan fingerprint density at radius 3 is 2.75 bits per heavy atom. The fourth-order valence-electron chi connectivity index (χ4n) is 1.96. The third kappa shape index (κ3) is 5.31. The smallest absolute Gasteiger partial charge is 0.136 e. The van der Waals surface area contributed by atoms with Gasteiger partial charge in [0.05, 0.1) is 18.6 Å². The molecule has 0 radical (unpaired) electrons. The predicted octanol–water partition coefficient (Wildman–Crippen LogP) is 1.60. The topological polar surface area (TPSA) is 118 Å². The summed E-state index contributed by atoms with van der Waals surface area (Å²) in [7, 11) is 1.81. The largest absolute Gasteiger partial charge is 0.396 e. The van der Waals surface area contributed by atoms with Crippen LogP contribution in [0.3, 0.4) is 0 Å². The minimum absolute atomic E-state index is 0.177. The zero-order valence-electron chi connectivity index (χ0n) is 13.3. The molecule has 0 atom stereocenters. The number of anilines is 1. The van der Waals surface area contributed by atoms with Crippen molar-refractivity contribution in [1.82, 2.24) is 15.3 Å². The molecule has 24 heavy (non-hydrogen) atoms. The zero-order valence-corrected chi connectivity index (χ0v) is 14.1. The van der Waals surface area contributed by atoms with Gasteiger partial charge in [-0.25, -0.2) is 0 Å². The average molecular weight is 346 g/mol. The van der Waals surface area contributed by atoms with Crippen molar-refractivity contribution in [3.8, 4) is 0 Å².